The molecule has 0 aliphatic heterocycles. The lowest BCUT2D eigenvalue weighted by Gasteiger charge is -2.04. The Bertz CT molecular complexity index is 628. The van der Waals surface area contributed by atoms with Crippen LogP contribution in [0.4, 0.5) is 0 Å². The molecular weight excluding hydrogens is 368 g/mol. The van der Waals surface area contributed by atoms with E-state index in [4.69, 9.17) is 0 Å². The van der Waals surface area contributed by atoms with E-state index in [2.05, 4.69) is 45.0 Å². The van der Waals surface area contributed by atoms with Crippen molar-refractivity contribution < 1.29 is 0 Å². The highest BCUT2D eigenvalue weighted by molar-refractivity contribution is 9.10. The van der Waals surface area contributed by atoms with Crippen LogP contribution >= 0.6 is 39.5 Å². The van der Waals surface area contributed by atoms with Gasteiger partial charge in [-0.05, 0) is 29.9 Å². The molecule has 0 aliphatic rings. The molecule has 1 aromatic heterocycles. The van der Waals surface area contributed by atoms with E-state index in [1.165, 1.54) is 5.56 Å². The molecule has 21 heavy (non-hydrogen) atoms. The molecule has 2 rings (SSSR count). The van der Waals surface area contributed by atoms with Gasteiger partial charge in [-0.2, -0.15) is 11.8 Å². The van der Waals surface area contributed by atoms with Gasteiger partial charge < -0.3 is 4.98 Å². The van der Waals surface area contributed by atoms with Crippen LogP contribution in [0.3, 0.4) is 0 Å². The summed E-state index contributed by atoms with van der Waals surface area (Å²) in [6, 6.07) is 9.76. The van der Waals surface area contributed by atoms with Crippen molar-refractivity contribution in [3.8, 4) is 0 Å². The highest BCUT2D eigenvalue weighted by atomic mass is 79.9. The molecular formula is C15H17BrN2OS2. The van der Waals surface area contributed by atoms with Gasteiger partial charge in [0.2, 0.25) is 0 Å². The molecule has 0 spiro atoms. The Morgan fingerprint density at radius 3 is 2.71 bits per heavy atom. The van der Waals surface area contributed by atoms with Crippen molar-refractivity contribution in [1.82, 2.24) is 9.97 Å². The number of nitrogens with zero attached hydrogens (tertiary/aromatic N) is 1. The van der Waals surface area contributed by atoms with Gasteiger partial charge in [-0.25, -0.2) is 4.98 Å². The van der Waals surface area contributed by atoms with Crippen molar-refractivity contribution in [2.24, 2.45) is 0 Å². The second-order valence-electron chi connectivity index (χ2n) is 4.51. The van der Waals surface area contributed by atoms with Crippen LogP contribution in [0.5, 0.6) is 0 Å². The van der Waals surface area contributed by atoms with E-state index in [9.17, 15) is 4.79 Å². The Morgan fingerprint density at radius 2 is 2.00 bits per heavy atom. The third-order valence-corrected chi connectivity index (χ3v) is 5.33. The molecule has 0 aliphatic carbocycles. The zero-order valence-electron chi connectivity index (χ0n) is 11.8. The Labute approximate surface area is 141 Å². The van der Waals surface area contributed by atoms with E-state index in [0.717, 1.165) is 33.8 Å². The van der Waals surface area contributed by atoms with Crippen LogP contribution in [0.1, 0.15) is 24.6 Å². The smallest absolute Gasteiger partial charge is 0.251 e. The minimum atomic E-state index is -0.0737. The highest BCUT2D eigenvalue weighted by Gasteiger charge is 2.03. The number of hydrogen-bond donors (Lipinski definition) is 1. The van der Waals surface area contributed by atoms with Gasteiger partial charge in [-0.3, -0.25) is 4.79 Å². The third kappa shape index (κ3) is 5.88. The predicted octanol–water partition coefficient (Wildman–Crippen LogP) is 4.47. The number of hydrogen-bond acceptors (Lipinski definition) is 4. The Morgan fingerprint density at radius 1 is 1.24 bits per heavy atom. The molecule has 0 radical (unpaired) electrons. The van der Waals surface area contributed by atoms with Crippen LogP contribution < -0.4 is 5.56 Å². The summed E-state index contributed by atoms with van der Waals surface area (Å²) in [6.45, 7) is 2.15. The molecule has 1 aromatic carbocycles. The highest BCUT2D eigenvalue weighted by Crippen LogP contribution is 2.20. The Balaban J connectivity index is 1.99. The van der Waals surface area contributed by atoms with E-state index >= 15 is 0 Å². The number of halogens is 1. The molecule has 0 bridgehead atoms. The van der Waals surface area contributed by atoms with Gasteiger partial charge >= 0.3 is 0 Å². The number of benzene rings is 1. The number of aromatic nitrogens is 2. The first-order valence-electron chi connectivity index (χ1n) is 6.72. The molecule has 2 aromatic rings. The molecule has 0 unspecified atom stereocenters. The molecule has 0 atom stereocenters. The zero-order valence-corrected chi connectivity index (χ0v) is 15.0. The largest absolute Gasteiger partial charge is 0.301 e. The van der Waals surface area contributed by atoms with E-state index in [1.807, 2.05) is 23.9 Å². The molecule has 0 amide bonds. The number of rotatable bonds is 7. The summed E-state index contributed by atoms with van der Waals surface area (Å²) >= 11 is 6.79. The fourth-order valence-electron chi connectivity index (χ4n) is 1.68. The first kappa shape index (κ1) is 16.6. The maximum Gasteiger partial charge on any atom is 0.251 e. The average Bonchev–Trinajstić information content (AvgIpc) is 2.46. The van der Waals surface area contributed by atoms with E-state index in [0.29, 0.717) is 5.16 Å². The second kappa shape index (κ2) is 8.66. The minimum absolute atomic E-state index is 0.0737. The molecule has 0 fully saturated rings. The lowest BCUT2D eigenvalue weighted by atomic mass is 10.2. The third-order valence-electron chi connectivity index (χ3n) is 2.66. The van der Waals surface area contributed by atoms with Gasteiger partial charge in [0.05, 0.1) is 5.69 Å². The zero-order chi connectivity index (χ0) is 15.1. The predicted molar refractivity (Wildman–Crippen MR) is 95.0 cm³/mol. The number of H-pyrrole nitrogens is 1. The molecule has 1 heterocycles. The summed E-state index contributed by atoms with van der Waals surface area (Å²) in [5.74, 6) is 2.68. The van der Waals surface area contributed by atoms with Crippen LogP contribution in [0.25, 0.3) is 0 Å². The van der Waals surface area contributed by atoms with E-state index in [1.54, 1.807) is 17.8 Å². The minimum Gasteiger partial charge on any atom is -0.301 e. The van der Waals surface area contributed by atoms with Crippen molar-refractivity contribution >= 4 is 39.5 Å². The van der Waals surface area contributed by atoms with Gasteiger partial charge in [0.25, 0.3) is 5.56 Å². The first-order valence-corrected chi connectivity index (χ1v) is 9.66. The van der Waals surface area contributed by atoms with Crippen LogP contribution in [0, 0.1) is 0 Å². The number of thioether (sulfide) groups is 2. The quantitative estimate of drug-likeness (QED) is 0.434. The Kier molecular flexibility index (Phi) is 6.86. The van der Waals surface area contributed by atoms with E-state index in [-0.39, 0.29) is 5.56 Å². The lowest BCUT2D eigenvalue weighted by Crippen LogP contribution is -2.09. The van der Waals surface area contributed by atoms with Crippen molar-refractivity contribution in [1.29, 1.82) is 0 Å². The maximum absolute atomic E-state index is 11.7. The van der Waals surface area contributed by atoms with Crippen LogP contribution in [0.15, 0.2) is 44.8 Å². The molecule has 112 valence electrons. The number of aromatic amines is 1. The summed E-state index contributed by atoms with van der Waals surface area (Å²) in [5.41, 5.74) is 1.99. The molecule has 1 N–H and O–H groups in total. The molecule has 0 saturated heterocycles. The first-order chi connectivity index (χ1) is 10.2. The van der Waals surface area contributed by atoms with Gasteiger partial charge in [-0.15, -0.1) is 0 Å². The SMILES string of the molecule is CCCSCc1cc(=O)[nH]c(SCc2ccc(Br)cc2)n1. The van der Waals surface area contributed by atoms with Crippen LogP contribution in [-0.4, -0.2) is 15.7 Å². The maximum atomic E-state index is 11.7. The van der Waals surface area contributed by atoms with Gasteiger partial charge in [0.15, 0.2) is 5.16 Å². The monoisotopic (exact) mass is 384 g/mol. The second-order valence-corrected chi connectivity index (χ2v) is 7.49. The summed E-state index contributed by atoms with van der Waals surface area (Å²) in [5, 5.41) is 0.692. The average molecular weight is 385 g/mol. The van der Waals surface area contributed by atoms with Crippen molar-refractivity contribution in [2.45, 2.75) is 30.0 Å². The van der Waals surface area contributed by atoms with Crippen LogP contribution in [0.2, 0.25) is 0 Å². The summed E-state index contributed by atoms with van der Waals surface area (Å²) in [4.78, 5) is 19.0. The fourth-order valence-corrected chi connectivity index (χ4v) is 3.58. The van der Waals surface area contributed by atoms with Gasteiger partial charge in [0, 0.05) is 22.0 Å². The standard InChI is InChI=1S/C15H17BrN2OS2/c1-2-7-20-10-13-8-14(19)18-15(17-13)21-9-11-3-5-12(16)6-4-11/h3-6,8H,2,7,9-10H2,1H3,(H,17,18,19). The molecule has 3 nitrogen and oxygen atoms in total. The summed E-state index contributed by atoms with van der Waals surface area (Å²) in [6.07, 6.45) is 1.14. The van der Waals surface area contributed by atoms with Gasteiger partial charge in [-0.1, -0.05) is 46.7 Å². The fraction of sp³-hybridized carbons (Fsp3) is 0.333. The van der Waals surface area contributed by atoms with Gasteiger partial charge in [0.1, 0.15) is 0 Å². The van der Waals surface area contributed by atoms with Crippen molar-refractivity contribution in [3.63, 3.8) is 0 Å². The molecule has 0 saturated carbocycles. The van der Waals surface area contributed by atoms with E-state index < -0.39 is 0 Å². The normalized spacial score (nSPS) is 10.8. The van der Waals surface area contributed by atoms with Crippen molar-refractivity contribution in [3.05, 3.63) is 56.4 Å². The number of nitrogens with one attached hydrogen (secondary N) is 1. The summed E-state index contributed by atoms with van der Waals surface area (Å²) < 4.78 is 1.07. The summed E-state index contributed by atoms with van der Waals surface area (Å²) in [7, 11) is 0. The Hall–Kier alpha value is -0.720. The molecule has 6 heteroatoms. The lowest BCUT2D eigenvalue weighted by molar-refractivity contribution is 0.899. The topological polar surface area (TPSA) is 45.8 Å². The van der Waals surface area contributed by atoms with Crippen LogP contribution in [-0.2, 0) is 11.5 Å². The van der Waals surface area contributed by atoms with Crippen molar-refractivity contribution in [2.75, 3.05) is 5.75 Å².